The van der Waals surface area contributed by atoms with Gasteiger partial charge in [-0.05, 0) is 127 Å². The van der Waals surface area contributed by atoms with E-state index < -0.39 is 11.6 Å². The number of hydrogen-bond acceptors (Lipinski definition) is 9. The summed E-state index contributed by atoms with van der Waals surface area (Å²) in [7, 11) is 1.76. The van der Waals surface area contributed by atoms with Crippen LogP contribution in [-0.4, -0.2) is 99.9 Å². The molecule has 4 aromatic rings. The second kappa shape index (κ2) is 13.2. The van der Waals surface area contributed by atoms with Gasteiger partial charge in [0.15, 0.2) is 5.82 Å². The molecule has 4 aliphatic heterocycles. The molecule has 278 valence electrons. The number of carbonyl (C=O) groups excluding carboxylic acids is 1. The maximum atomic E-state index is 14.9. The van der Waals surface area contributed by atoms with Crippen LogP contribution in [0, 0.1) is 6.92 Å². The van der Waals surface area contributed by atoms with Gasteiger partial charge in [0.05, 0.1) is 42.2 Å². The van der Waals surface area contributed by atoms with Crippen LogP contribution in [-0.2, 0) is 14.9 Å². The highest BCUT2D eigenvalue weighted by atomic mass is 16.5. The molecular weight excluding hydrogens is 665 g/mol. The molecule has 11 heteroatoms. The van der Waals surface area contributed by atoms with Crippen molar-refractivity contribution in [2.45, 2.75) is 101 Å². The van der Waals surface area contributed by atoms with E-state index in [0.29, 0.717) is 24.0 Å². The van der Waals surface area contributed by atoms with Gasteiger partial charge < -0.3 is 29.5 Å². The fourth-order valence-electron chi connectivity index (χ4n) is 9.88. The Labute approximate surface area is 311 Å². The van der Waals surface area contributed by atoms with Gasteiger partial charge in [0, 0.05) is 40.6 Å². The number of hydrogen-bond donors (Lipinski definition) is 3. The lowest BCUT2D eigenvalue weighted by Gasteiger charge is -2.48. The van der Waals surface area contributed by atoms with Crippen LogP contribution in [0.1, 0.15) is 86.7 Å². The first-order valence-corrected chi connectivity index (χ1v) is 20.0. The summed E-state index contributed by atoms with van der Waals surface area (Å²) in [5, 5.41) is 17.2. The van der Waals surface area contributed by atoms with Gasteiger partial charge in [-0.3, -0.25) is 15.0 Å². The Morgan fingerprint density at radius 2 is 1.68 bits per heavy atom. The van der Waals surface area contributed by atoms with Crippen LogP contribution in [0.5, 0.6) is 0 Å². The summed E-state index contributed by atoms with van der Waals surface area (Å²) in [6, 6.07) is 16.6. The number of rotatable bonds is 9. The van der Waals surface area contributed by atoms with E-state index in [-0.39, 0.29) is 6.04 Å². The van der Waals surface area contributed by atoms with E-state index in [4.69, 9.17) is 14.7 Å². The van der Waals surface area contributed by atoms with Gasteiger partial charge in [-0.1, -0.05) is 24.6 Å². The number of benzene rings is 2. The number of aromatic nitrogens is 3. The SMILES string of the molecule is CNC(O)c1cc(Nc2nc(-c3ccc4c(c3)N(C3CC(N5CCCCC5)C3)C(=O)C43CCN(C4COC4)CC3)cc3ncn(C4CC4)c23)ccc1C. The van der Waals surface area contributed by atoms with Crippen LogP contribution in [0.4, 0.5) is 17.2 Å². The van der Waals surface area contributed by atoms with Crippen molar-refractivity contribution in [3.63, 3.8) is 0 Å². The second-order valence-corrected chi connectivity index (χ2v) is 16.6. The molecule has 2 aromatic carbocycles. The number of ether oxygens (including phenoxy) is 1. The monoisotopic (exact) mass is 716 g/mol. The molecule has 6 aliphatic rings. The minimum absolute atomic E-state index is 0.228. The molecule has 1 spiro atoms. The number of nitrogens with zero attached hydrogens (tertiary/aromatic N) is 6. The number of aliphatic hydroxyl groups excluding tert-OH is 1. The number of pyridine rings is 1. The molecule has 11 nitrogen and oxygen atoms in total. The third kappa shape index (κ3) is 5.69. The zero-order valence-corrected chi connectivity index (χ0v) is 31.1. The van der Waals surface area contributed by atoms with Gasteiger partial charge in [-0.2, -0.15) is 0 Å². The molecule has 53 heavy (non-hydrogen) atoms. The maximum Gasteiger partial charge on any atom is 0.238 e. The molecule has 1 atom stereocenters. The second-order valence-electron chi connectivity index (χ2n) is 16.6. The zero-order valence-electron chi connectivity index (χ0n) is 31.1. The molecule has 5 fully saturated rings. The number of nitrogens with one attached hydrogen (secondary N) is 2. The fourth-order valence-corrected chi connectivity index (χ4v) is 9.88. The average Bonchev–Trinajstić information content (AvgIpc) is 3.86. The van der Waals surface area contributed by atoms with E-state index in [2.05, 4.69) is 54.2 Å². The van der Waals surface area contributed by atoms with Crippen molar-refractivity contribution in [2.24, 2.45) is 0 Å². The van der Waals surface area contributed by atoms with E-state index >= 15 is 0 Å². The van der Waals surface area contributed by atoms with Gasteiger partial charge in [0.25, 0.3) is 0 Å². The summed E-state index contributed by atoms with van der Waals surface area (Å²) in [5.74, 6) is 1.06. The van der Waals surface area contributed by atoms with Crippen molar-refractivity contribution in [3.05, 3.63) is 65.5 Å². The van der Waals surface area contributed by atoms with Gasteiger partial charge in [0.1, 0.15) is 11.7 Å². The van der Waals surface area contributed by atoms with Crippen LogP contribution in [0.2, 0.25) is 0 Å². The summed E-state index contributed by atoms with van der Waals surface area (Å²) in [6.45, 7) is 7.87. The Morgan fingerprint density at radius 3 is 2.40 bits per heavy atom. The Hall–Kier alpha value is -3.87. The summed E-state index contributed by atoms with van der Waals surface area (Å²) in [5.41, 5.74) is 8.22. The number of amides is 1. The molecule has 10 rings (SSSR count). The number of carbonyl (C=O) groups is 1. The highest BCUT2D eigenvalue weighted by Crippen LogP contribution is 2.52. The molecular formula is C42H52N8O3. The van der Waals surface area contributed by atoms with Crippen molar-refractivity contribution >= 4 is 34.1 Å². The number of aliphatic hydroxyl groups is 1. The summed E-state index contributed by atoms with van der Waals surface area (Å²) >= 11 is 0. The van der Waals surface area contributed by atoms with E-state index in [0.717, 1.165) is 115 Å². The molecule has 3 saturated heterocycles. The topological polar surface area (TPSA) is 111 Å². The van der Waals surface area contributed by atoms with E-state index in [1.54, 1.807) is 7.05 Å². The van der Waals surface area contributed by atoms with Gasteiger partial charge >= 0.3 is 0 Å². The van der Waals surface area contributed by atoms with Gasteiger partial charge in [-0.15, -0.1) is 0 Å². The highest BCUT2D eigenvalue weighted by molar-refractivity contribution is 6.09. The number of fused-ring (bicyclic) bond motifs is 3. The van der Waals surface area contributed by atoms with Crippen molar-refractivity contribution in [3.8, 4) is 11.3 Å². The Kier molecular flexibility index (Phi) is 8.36. The van der Waals surface area contributed by atoms with Gasteiger partial charge in [-0.25, -0.2) is 9.97 Å². The molecule has 1 unspecified atom stereocenters. The predicted molar refractivity (Wildman–Crippen MR) is 207 cm³/mol. The number of imidazole rings is 1. The average molecular weight is 717 g/mol. The highest BCUT2D eigenvalue weighted by Gasteiger charge is 2.56. The van der Waals surface area contributed by atoms with E-state index in [1.165, 1.54) is 37.9 Å². The molecule has 0 bridgehead atoms. The lowest BCUT2D eigenvalue weighted by molar-refractivity contribution is -0.128. The quantitative estimate of drug-likeness (QED) is 0.186. The van der Waals surface area contributed by atoms with Crippen molar-refractivity contribution in [2.75, 3.05) is 56.7 Å². The number of aryl methyl sites for hydroxylation is 1. The maximum absolute atomic E-state index is 14.9. The molecule has 2 saturated carbocycles. The first-order chi connectivity index (χ1) is 25.9. The first-order valence-electron chi connectivity index (χ1n) is 20.0. The fraction of sp³-hybridized carbons (Fsp3) is 0.548. The number of piperidine rings is 2. The molecule has 3 N–H and O–H groups in total. The minimum atomic E-state index is -0.765. The standard InChI is InChI=1S/C42H52N8O3/c1-26-6-8-28(19-33(26)40(51)43-2)45-39-38-36(44-25-49(38)29-9-10-29)22-35(46-39)27-7-11-34-37(18-27)50(31-20-30(21-31)47-14-4-3-5-15-47)41(52)42(34)12-16-48(17-13-42)32-23-53-24-32/h6-8,11,18-19,22,25,29-32,40,43,51H,3-5,9-10,12-17,20-21,23-24H2,1-2H3,(H,45,46). The first kappa shape index (κ1) is 33.7. The summed E-state index contributed by atoms with van der Waals surface area (Å²) < 4.78 is 7.79. The number of anilines is 3. The summed E-state index contributed by atoms with van der Waals surface area (Å²) in [6.07, 6.45) is 11.2. The summed E-state index contributed by atoms with van der Waals surface area (Å²) in [4.78, 5) is 32.6. The predicted octanol–water partition coefficient (Wildman–Crippen LogP) is 5.79. The normalized spacial score (nSPS) is 25.4. The van der Waals surface area contributed by atoms with Crippen LogP contribution >= 0.6 is 0 Å². The third-order valence-corrected chi connectivity index (χ3v) is 13.4. The Bertz CT molecular complexity index is 2040. The van der Waals surface area contributed by atoms with Crippen molar-refractivity contribution in [1.82, 2.24) is 29.7 Å². The van der Waals surface area contributed by atoms with Crippen LogP contribution in [0.25, 0.3) is 22.3 Å². The van der Waals surface area contributed by atoms with E-state index in [9.17, 15) is 9.90 Å². The van der Waals surface area contributed by atoms with Crippen LogP contribution < -0.4 is 15.5 Å². The van der Waals surface area contributed by atoms with E-state index in [1.807, 2.05) is 31.5 Å². The molecule has 6 heterocycles. The lowest BCUT2D eigenvalue weighted by Crippen LogP contribution is -2.59. The smallest absolute Gasteiger partial charge is 0.238 e. The molecule has 2 aromatic heterocycles. The molecule has 2 aliphatic carbocycles. The largest absolute Gasteiger partial charge is 0.378 e. The molecule has 1 amide bonds. The Balaban J connectivity index is 1.02. The number of likely N-dealkylation sites (tertiary alicyclic amines) is 2. The molecule has 0 radical (unpaired) electrons. The lowest BCUT2D eigenvalue weighted by atomic mass is 9.73. The van der Waals surface area contributed by atoms with Crippen molar-refractivity contribution in [1.29, 1.82) is 0 Å². The van der Waals surface area contributed by atoms with Crippen LogP contribution in [0.15, 0.2) is 48.8 Å². The van der Waals surface area contributed by atoms with Gasteiger partial charge in [0.2, 0.25) is 5.91 Å². The van der Waals surface area contributed by atoms with Crippen LogP contribution in [0.3, 0.4) is 0 Å². The Morgan fingerprint density at radius 1 is 0.906 bits per heavy atom. The minimum Gasteiger partial charge on any atom is -0.378 e. The zero-order chi connectivity index (χ0) is 35.8. The van der Waals surface area contributed by atoms with Crippen molar-refractivity contribution < 1.29 is 14.6 Å². The third-order valence-electron chi connectivity index (χ3n) is 13.4.